The maximum Gasteiger partial charge on any atom is 0.129 e. The second kappa shape index (κ2) is 3.08. The zero-order valence-corrected chi connectivity index (χ0v) is 7.86. The normalized spacial score (nSPS) is 15.3. The predicted molar refractivity (Wildman–Crippen MR) is 51.4 cm³/mol. The summed E-state index contributed by atoms with van der Waals surface area (Å²) < 4.78 is 0. The van der Waals surface area contributed by atoms with Gasteiger partial charge in [-0.1, -0.05) is 29.3 Å². The van der Waals surface area contributed by atoms with E-state index in [9.17, 15) is 0 Å². The predicted octanol–water partition coefficient (Wildman–Crippen LogP) is 3.26. The van der Waals surface area contributed by atoms with E-state index < -0.39 is 0 Å². The van der Waals surface area contributed by atoms with Crippen LogP contribution in [0.4, 0.5) is 0 Å². The van der Waals surface area contributed by atoms with Crippen LogP contribution in [0, 0.1) is 0 Å². The lowest BCUT2D eigenvalue weighted by Crippen LogP contribution is -1.99. The van der Waals surface area contributed by atoms with Crippen molar-refractivity contribution in [1.82, 2.24) is 4.98 Å². The van der Waals surface area contributed by atoms with E-state index in [0.717, 1.165) is 29.1 Å². The summed E-state index contributed by atoms with van der Waals surface area (Å²) in [5.41, 5.74) is 2.03. The highest BCUT2D eigenvalue weighted by Crippen LogP contribution is 2.28. The molecule has 0 unspecified atom stereocenters. The van der Waals surface area contributed by atoms with Crippen molar-refractivity contribution in [2.45, 2.75) is 12.8 Å². The van der Waals surface area contributed by atoms with Crippen LogP contribution in [-0.2, 0) is 6.42 Å². The summed E-state index contributed by atoms with van der Waals surface area (Å²) in [7, 11) is 0. The molecule has 0 aromatic carbocycles. The highest BCUT2D eigenvalue weighted by Gasteiger charge is 2.11. The molecule has 0 atom stereocenters. The third kappa shape index (κ3) is 1.35. The Morgan fingerprint density at radius 2 is 2.08 bits per heavy atom. The Morgan fingerprint density at radius 3 is 2.92 bits per heavy atom. The minimum atomic E-state index is 0.542. The van der Waals surface area contributed by atoms with Crippen molar-refractivity contribution in [2.24, 2.45) is 0 Å². The number of aryl methyl sites for hydroxylation is 1. The van der Waals surface area contributed by atoms with E-state index in [0.29, 0.717) is 5.15 Å². The van der Waals surface area contributed by atoms with Crippen LogP contribution in [0.3, 0.4) is 0 Å². The molecule has 0 N–H and O–H groups in total. The molecule has 0 radical (unpaired) electrons. The molecule has 1 aliphatic carbocycles. The van der Waals surface area contributed by atoms with E-state index in [2.05, 4.69) is 4.98 Å². The number of hydrogen-bond acceptors (Lipinski definition) is 1. The quantitative estimate of drug-likeness (QED) is 0.585. The molecule has 0 amide bonds. The van der Waals surface area contributed by atoms with Gasteiger partial charge in [0.25, 0.3) is 0 Å². The number of nitrogens with zero attached hydrogens (tertiary/aromatic N) is 1. The lowest BCUT2D eigenvalue weighted by atomic mass is 10.0. The van der Waals surface area contributed by atoms with Crippen molar-refractivity contribution in [3.05, 3.63) is 34.6 Å². The molecule has 1 aliphatic rings. The Morgan fingerprint density at radius 1 is 1.25 bits per heavy atom. The summed E-state index contributed by atoms with van der Waals surface area (Å²) in [5.74, 6) is 0. The van der Waals surface area contributed by atoms with Gasteiger partial charge >= 0.3 is 0 Å². The van der Waals surface area contributed by atoms with Crippen LogP contribution in [0.25, 0.3) is 5.03 Å². The van der Waals surface area contributed by atoms with E-state index in [1.165, 1.54) is 0 Å². The van der Waals surface area contributed by atoms with E-state index in [1.54, 1.807) is 6.07 Å². The molecular weight excluding hydrogens is 193 g/mol. The van der Waals surface area contributed by atoms with Crippen LogP contribution in [0.2, 0.25) is 5.15 Å². The average molecular weight is 200 g/mol. The first kappa shape index (κ1) is 8.09. The highest BCUT2D eigenvalue weighted by molar-refractivity contribution is 6.49. The van der Waals surface area contributed by atoms with Gasteiger partial charge in [0.2, 0.25) is 0 Å². The van der Waals surface area contributed by atoms with E-state index >= 15 is 0 Å². The van der Waals surface area contributed by atoms with Crippen LogP contribution in [0.15, 0.2) is 18.2 Å². The maximum atomic E-state index is 5.98. The number of hydrogen-bond donors (Lipinski definition) is 0. The lowest BCUT2D eigenvalue weighted by Gasteiger charge is -2.11. The summed E-state index contributed by atoms with van der Waals surface area (Å²) in [6.07, 6.45) is 3.91. The molecule has 0 aliphatic heterocycles. The molecule has 1 nitrogen and oxygen atoms in total. The summed E-state index contributed by atoms with van der Waals surface area (Å²) in [6, 6.07) is 3.69. The molecule has 0 saturated carbocycles. The van der Waals surface area contributed by atoms with E-state index in [1.807, 2.05) is 12.1 Å². The van der Waals surface area contributed by atoms with Gasteiger partial charge in [0, 0.05) is 10.6 Å². The highest BCUT2D eigenvalue weighted by atomic mass is 35.5. The van der Waals surface area contributed by atoms with Crippen molar-refractivity contribution in [3.8, 4) is 0 Å². The summed E-state index contributed by atoms with van der Waals surface area (Å²) in [6.45, 7) is 0. The molecule has 12 heavy (non-hydrogen) atoms. The molecule has 0 spiro atoms. The van der Waals surface area contributed by atoms with Crippen LogP contribution < -0.4 is 0 Å². The van der Waals surface area contributed by atoms with Crippen molar-refractivity contribution < 1.29 is 0 Å². The molecule has 0 saturated heterocycles. The Balaban J connectivity index is 2.56. The third-order valence-corrected chi connectivity index (χ3v) is 2.47. The zero-order chi connectivity index (χ0) is 8.55. The van der Waals surface area contributed by atoms with Crippen molar-refractivity contribution in [3.63, 3.8) is 0 Å². The van der Waals surface area contributed by atoms with Crippen molar-refractivity contribution in [1.29, 1.82) is 0 Å². The first-order chi connectivity index (χ1) is 5.77. The lowest BCUT2D eigenvalue weighted by molar-refractivity contribution is 0.925. The van der Waals surface area contributed by atoms with Gasteiger partial charge in [0.15, 0.2) is 0 Å². The summed E-state index contributed by atoms with van der Waals surface area (Å²) in [4.78, 5) is 4.20. The van der Waals surface area contributed by atoms with Gasteiger partial charge in [0.1, 0.15) is 5.15 Å². The van der Waals surface area contributed by atoms with Crippen LogP contribution >= 0.6 is 23.2 Å². The average Bonchev–Trinajstić information content (AvgIpc) is 2.04. The number of allylic oxidation sites excluding steroid dienone is 1. The fraction of sp³-hybridized carbons (Fsp3) is 0.222. The van der Waals surface area contributed by atoms with Gasteiger partial charge < -0.3 is 0 Å². The number of rotatable bonds is 0. The SMILES string of the molecule is ClC1=CCCc2nc(Cl)ccc21. The fourth-order valence-electron chi connectivity index (χ4n) is 1.33. The monoisotopic (exact) mass is 199 g/mol. The van der Waals surface area contributed by atoms with Gasteiger partial charge in [-0.3, -0.25) is 0 Å². The Kier molecular flexibility index (Phi) is 2.07. The molecule has 2 rings (SSSR count). The minimum Gasteiger partial charge on any atom is -0.240 e. The third-order valence-electron chi connectivity index (χ3n) is 1.90. The number of fused-ring (bicyclic) bond motifs is 1. The number of aromatic nitrogens is 1. The van der Waals surface area contributed by atoms with Crippen molar-refractivity contribution in [2.75, 3.05) is 0 Å². The Bertz CT molecular complexity index is 344. The summed E-state index contributed by atoms with van der Waals surface area (Å²) >= 11 is 11.7. The topological polar surface area (TPSA) is 12.9 Å². The van der Waals surface area contributed by atoms with Gasteiger partial charge in [-0.15, -0.1) is 0 Å². The molecule has 0 fully saturated rings. The number of halogens is 2. The number of pyridine rings is 1. The fourth-order valence-corrected chi connectivity index (χ4v) is 1.77. The first-order valence-electron chi connectivity index (χ1n) is 3.79. The Labute approximate surface area is 81.0 Å². The zero-order valence-electron chi connectivity index (χ0n) is 6.35. The minimum absolute atomic E-state index is 0.542. The maximum absolute atomic E-state index is 5.98. The van der Waals surface area contributed by atoms with Gasteiger partial charge in [-0.05, 0) is 25.0 Å². The molecule has 1 heterocycles. The van der Waals surface area contributed by atoms with Gasteiger partial charge in [-0.2, -0.15) is 0 Å². The molecule has 3 heteroatoms. The van der Waals surface area contributed by atoms with Crippen LogP contribution in [0.5, 0.6) is 0 Å². The molecule has 0 bridgehead atoms. The summed E-state index contributed by atoms with van der Waals surface area (Å²) in [5, 5.41) is 1.33. The molecule has 1 aromatic rings. The standard InChI is InChI=1S/C9H7Cl2N/c10-7-2-1-3-8-6(7)4-5-9(11)12-8/h2,4-5H,1,3H2. The smallest absolute Gasteiger partial charge is 0.129 e. The molecule has 62 valence electrons. The first-order valence-corrected chi connectivity index (χ1v) is 4.54. The van der Waals surface area contributed by atoms with Crippen LogP contribution in [0.1, 0.15) is 17.7 Å². The molecular formula is C9H7Cl2N. The van der Waals surface area contributed by atoms with E-state index in [4.69, 9.17) is 23.2 Å². The Hall–Kier alpha value is -0.530. The largest absolute Gasteiger partial charge is 0.240 e. The van der Waals surface area contributed by atoms with Crippen LogP contribution in [-0.4, -0.2) is 4.98 Å². The van der Waals surface area contributed by atoms with Gasteiger partial charge in [0.05, 0.1) is 5.69 Å². The molecule has 1 aromatic heterocycles. The second-order valence-corrected chi connectivity index (χ2v) is 3.51. The van der Waals surface area contributed by atoms with E-state index in [-0.39, 0.29) is 0 Å². The second-order valence-electron chi connectivity index (χ2n) is 2.72. The van der Waals surface area contributed by atoms with Crippen molar-refractivity contribution >= 4 is 28.2 Å². The van der Waals surface area contributed by atoms with Gasteiger partial charge in [-0.25, -0.2) is 4.98 Å².